The first kappa shape index (κ1) is 48.4. The summed E-state index contributed by atoms with van der Waals surface area (Å²) in [5.74, 6) is 0.285. The molecule has 0 spiro atoms. The van der Waals surface area contributed by atoms with E-state index in [4.69, 9.17) is 19.3 Å². The summed E-state index contributed by atoms with van der Waals surface area (Å²) >= 11 is 0. The third-order valence-corrected chi connectivity index (χ3v) is 9.78. The van der Waals surface area contributed by atoms with Gasteiger partial charge >= 0.3 is 47.8 Å². The topological polar surface area (TPSA) is 166 Å². The van der Waals surface area contributed by atoms with E-state index in [1.165, 1.54) is 0 Å². The van der Waals surface area contributed by atoms with Crippen LogP contribution in [0.1, 0.15) is 141 Å². The molecule has 3 amide bonds. The van der Waals surface area contributed by atoms with Crippen molar-refractivity contribution < 1.29 is 79.7 Å². The van der Waals surface area contributed by atoms with Crippen molar-refractivity contribution in [2.75, 3.05) is 7.11 Å². The Bertz CT molecular complexity index is 1090. The Kier molecular flexibility index (Phi) is 18.5. The number of carbonyl (C=O) groups is 4. The van der Waals surface area contributed by atoms with Crippen LogP contribution in [0, 0.1) is 0 Å². The molecule has 0 aromatic rings. The Hall–Kier alpha value is -1.58. The van der Waals surface area contributed by atoms with E-state index in [-0.39, 0.29) is 112 Å². The average Bonchev–Trinajstić information content (AvgIpc) is 3.52. The van der Waals surface area contributed by atoms with Crippen molar-refractivity contribution in [3.05, 3.63) is 0 Å². The molecule has 6 bridgehead atoms. The number of ether oxygens (including phenoxy) is 3. The molecule has 293 valence electrons. The van der Waals surface area contributed by atoms with E-state index in [0.29, 0.717) is 38.5 Å². The van der Waals surface area contributed by atoms with Gasteiger partial charge in [-0.2, -0.15) is 0 Å². The van der Waals surface area contributed by atoms with Crippen molar-refractivity contribution >= 4 is 32.5 Å². The van der Waals surface area contributed by atoms with Gasteiger partial charge in [0.05, 0.1) is 12.2 Å². The van der Waals surface area contributed by atoms with Crippen molar-refractivity contribution in [3.8, 4) is 0 Å². The second-order valence-electron chi connectivity index (χ2n) is 17.5. The average molecular weight is 747 g/mol. The van der Waals surface area contributed by atoms with E-state index < -0.39 is 16.8 Å². The molecule has 6 aliphatic rings. The molecular weight excluding hydrogens is 680 g/mol. The molecule has 6 rings (SSSR count). The number of piperidine rings is 3. The quantitative estimate of drug-likeness (QED) is 0.247. The molecule has 6 heterocycles. The molecule has 6 unspecified atom stereocenters. The number of ketones is 1. The fraction of sp³-hybridized carbons (Fsp3) is 0.892. The maximum absolute atomic E-state index is 12.0. The summed E-state index contributed by atoms with van der Waals surface area (Å²) in [5.41, 5.74) is -1.34. The van der Waals surface area contributed by atoms with Crippen LogP contribution in [0.3, 0.4) is 0 Å². The number of aliphatic hydroxyl groups excluding tert-OH is 3. The summed E-state index contributed by atoms with van der Waals surface area (Å²) in [7, 11) is 1.00. The van der Waals surface area contributed by atoms with Gasteiger partial charge in [-0.3, -0.25) is 4.79 Å². The van der Waals surface area contributed by atoms with E-state index in [0.717, 1.165) is 45.6 Å². The molecule has 0 saturated carbocycles. The zero-order valence-corrected chi connectivity index (χ0v) is 35.7. The zero-order chi connectivity index (χ0) is 37.8. The molecule has 3 radical (unpaired) electrons. The second-order valence-corrected chi connectivity index (χ2v) is 17.5. The summed E-state index contributed by atoms with van der Waals surface area (Å²) in [6.45, 7) is 16.9. The van der Waals surface area contributed by atoms with E-state index in [2.05, 4.69) is 0 Å². The molecule has 6 fully saturated rings. The van der Waals surface area contributed by atoms with Gasteiger partial charge in [-0.15, -0.1) is 0 Å². The predicted octanol–water partition coefficient (Wildman–Crippen LogP) is 2.28. The summed E-state index contributed by atoms with van der Waals surface area (Å²) in [6, 6.07) is 0.904. The van der Waals surface area contributed by atoms with Gasteiger partial charge in [0.15, 0.2) is 0 Å². The van der Waals surface area contributed by atoms with E-state index in [1.54, 1.807) is 4.90 Å². The fourth-order valence-electron chi connectivity index (χ4n) is 8.11. The minimum absolute atomic E-state index is 0. The zero-order valence-electron chi connectivity index (χ0n) is 34.7. The van der Waals surface area contributed by atoms with Gasteiger partial charge in [-0.05, 0) is 127 Å². The number of nitrogens with zero attached hydrogens (tertiary/aromatic N) is 3. The Balaban J connectivity index is 0.000000727. The van der Waals surface area contributed by atoms with Crippen LogP contribution in [0.2, 0.25) is 0 Å². The number of aliphatic hydroxyl groups is 3. The molecule has 13 nitrogen and oxygen atoms in total. The van der Waals surface area contributed by atoms with Crippen LogP contribution in [0.15, 0.2) is 0 Å². The summed E-state index contributed by atoms with van der Waals surface area (Å²) in [5, 5.41) is 26.3. The first-order valence-corrected chi connectivity index (χ1v) is 18.5. The third-order valence-electron chi connectivity index (χ3n) is 9.78. The van der Waals surface area contributed by atoms with Gasteiger partial charge in [0, 0.05) is 64.6 Å². The molecule has 0 aromatic carbocycles. The van der Waals surface area contributed by atoms with Crippen LogP contribution in [0.4, 0.5) is 14.4 Å². The Morgan fingerprint density at radius 1 is 0.538 bits per heavy atom. The molecule has 0 aliphatic carbocycles. The summed E-state index contributed by atoms with van der Waals surface area (Å²) < 4.78 is 16.2. The Morgan fingerprint density at radius 2 is 0.750 bits per heavy atom. The number of hydrogen-bond donors (Lipinski definition) is 3. The van der Waals surface area contributed by atoms with Gasteiger partial charge < -0.3 is 45.7 Å². The van der Waals surface area contributed by atoms with Gasteiger partial charge in [0.1, 0.15) is 22.6 Å². The number of rotatable bonds is 0. The largest absolute Gasteiger partial charge is 1.00 e. The monoisotopic (exact) mass is 746 g/mol. The smallest absolute Gasteiger partial charge is 1.00 e. The van der Waals surface area contributed by atoms with Gasteiger partial charge in [-0.1, -0.05) is 0 Å². The Morgan fingerprint density at radius 3 is 0.981 bits per heavy atom. The van der Waals surface area contributed by atoms with Crippen molar-refractivity contribution in [3.63, 3.8) is 0 Å². The van der Waals surface area contributed by atoms with Crippen LogP contribution in [0.25, 0.3) is 0 Å². The van der Waals surface area contributed by atoms with Crippen LogP contribution >= 0.6 is 0 Å². The summed E-state index contributed by atoms with van der Waals surface area (Å²) in [6.07, 6.45) is 8.55. The van der Waals surface area contributed by atoms with E-state index in [1.807, 2.05) is 72.1 Å². The van der Waals surface area contributed by atoms with Crippen LogP contribution < -0.4 is 29.6 Å². The molecule has 3 N–H and O–H groups in total. The fourth-order valence-corrected chi connectivity index (χ4v) is 8.11. The van der Waals surface area contributed by atoms with Crippen molar-refractivity contribution in [2.45, 2.75) is 205 Å². The van der Waals surface area contributed by atoms with Gasteiger partial charge in [0.25, 0.3) is 0 Å². The number of amides is 3. The molecule has 6 aliphatic heterocycles. The predicted molar refractivity (Wildman–Crippen MR) is 194 cm³/mol. The second kappa shape index (κ2) is 19.8. The number of fused-ring (bicyclic) bond motifs is 6. The van der Waals surface area contributed by atoms with Crippen LogP contribution in [-0.2, 0) is 19.0 Å². The normalized spacial score (nSPS) is 30.1. The minimum atomic E-state index is -0.460. The molecule has 0 aromatic heterocycles. The van der Waals surface area contributed by atoms with Crippen LogP contribution in [0.5, 0.6) is 0 Å². The third kappa shape index (κ3) is 13.9. The van der Waals surface area contributed by atoms with E-state index in [9.17, 15) is 29.4 Å². The molecule has 15 heteroatoms. The van der Waals surface area contributed by atoms with Gasteiger partial charge in [0.2, 0.25) is 0 Å². The maximum atomic E-state index is 12.0. The van der Waals surface area contributed by atoms with Crippen molar-refractivity contribution in [1.82, 2.24) is 14.7 Å². The minimum Gasteiger partial charge on any atom is -1.00 e. The first-order valence-electron chi connectivity index (χ1n) is 18.5. The molecule has 6 atom stereocenters. The first-order chi connectivity index (χ1) is 23.1. The standard InChI is InChI=1S/2C12H21NO3.C12H19NO3.CH4O.B.Na.H/c3*1-12(2,3)16-11(15)13-8-4-5-9(13)7-10(14)6-8;1-2;;;/h2*8-10,14H,4-7H2,1-3H3;8-9H,4-7H2,1-3H3;2H,1H3;;;/q;;;;;+1;-1. The molecular formula is C37H66BN3NaO10. The Labute approximate surface area is 337 Å². The molecule has 52 heavy (non-hydrogen) atoms. The SMILES string of the molecule is CC(C)(C)OC(=O)N1C2CCC1CC(=O)C2.CC(C)(C)OC(=O)N1C2CCC1CC(O)C2.CC(C)(C)OC(=O)N1C2CCC1CC(O)C2.CO.[B].[H-].[Na+]. The van der Waals surface area contributed by atoms with Crippen LogP contribution in [-0.4, -0.2) is 135 Å². The molecule has 6 saturated heterocycles. The number of Topliss-reactive ketones (excluding diaryl/α,β-unsaturated/α-hetero) is 1. The van der Waals surface area contributed by atoms with Gasteiger partial charge in [-0.25, -0.2) is 14.4 Å². The van der Waals surface area contributed by atoms with Crippen molar-refractivity contribution in [1.29, 1.82) is 0 Å². The van der Waals surface area contributed by atoms with E-state index >= 15 is 0 Å². The van der Waals surface area contributed by atoms with Crippen molar-refractivity contribution in [2.24, 2.45) is 0 Å². The number of hydrogen-bond acceptors (Lipinski definition) is 10. The maximum Gasteiger partial charge on any atom is 1.00 e. The number of carbonyl (C=O) groups excluding carboxylic acids is 4. The summed E-state index contributed by atoms with van der Waals surface area (Å²) in [4.78, 5) is 52.9.